The topological polar surface area (TPSA) is 50.1 Å². The van der Waals surface area contributed by atoms with Gasteiger partial charge in [0.1, 0.15) is 0 Å². The molecule has 1 aromatic rings. The molecule has 0 radical (unpaired) electrons. The average molecular weight is 405 g/mol. The predicted molar refractivity (Wildman–Crippen MR) is 108 cm³/mol. The zero-order valence-electron chi connectivity index (χ0n) is 13.5. The van der Waals surface area contributed by atoms with Gasteiger partial charge in [0.25, 0.3) is 0 Å². The van der Waals surface area contributed by atoms with Crippen LogP contribution < -0.4 is 16.4 Å². The van der Waals surface area contributed by atoms with Crippen molar-refractivity contribution < 1.29 is 0 Å². The molecule has 0 aliphatic heterocycles. The quantitative estimate of drug-likeness (QED) is 0.630. The first-order valence-electron chi connectivity index (χ1n) is 7.62. The van der Waals surface area contributed by atoms with Gasteiger partial charge in [-0.3, -0.25) is 0 Å². The van der Waals surface area contributed by atoms with Crippen LogP contribution in [0.3, 0.4) is 0 Å². The summed E-state index contributed by atoms with van der Waals surface area (Å²) in [5, 5.41) is 8.12. The lowest BCUT2D eigenvalue weighted by Crippen LogP contribution is -2.58. The highest BCUT2D eigenvalue weighted by Gasteiger charge is 2.41. The van der Waals surface area contributed by atoms with E-state index in [0.717, 1.165) is 31.0 Å². The van der Waals surface area contributed by atoms with E-state index >= 15 is 0 Å². The second kappa shape index (κ2) is 12.6. The maximum Gasteiger partial charge on any atom is 0.0602 e. The monoisotopic (exact) mass is 403 g/mol. The lowest BCUT2D eigenvalue weighted by atomic mass is 9.72. The number of nitrogens with two attached hydrogens (primary N) is 1. The van der Waals surface area contributed by atoms with Crippen molar-refractivity contribution in [2.24, 2.45) is 5.73 Å². The second-order valence-corrected chi connectivity index (χ2v) is 6.00. The van der Waals surface area contributed by atoms with Crippen molar-refractivity contribution in [2.45, 2.75) is 43.7 Å². The molecule has 2 unspecified atom stereocenters. The number of rotatable bonds is 6. The highest BCUT2D eigenvalue weighted by molar-refractivity contribution is 6.31. The molecule has 0 saturated heterocycles. The summed E-state index contributed by atoms with van der Waals surface area (Å²) >= 11 is 6.46. The molecule has 1 fully saturated rings. The SMILES string of the molecule is CNC1(c2ccccc2Cl)CCCCC1NCCCN.Cl.Cl.Cl. The van der Waals surface area contributed by atoms with E-state index in [9.17, 15) is 0 Å². The molecule has 0 amide bonds. The van der Waals surface area contributed by atoms with Gasteiger partial charge in [-0.2, -0.15) is 0 Å². The molecule has 3 nitrogen and oxygen atoms in total. The molecule has 1 aromatic carbocycles. The summed E-state index contributed by atoms with van der Waals surface area (Å²) in [5.74, 6) is 0. The van der Waals surface area contributed by atoms with Crippen LogP contribution in [0.1, 0.15) is 37.7 Å². The van der Waals surface area contributed by atoms with Crippen LogP contribution >= 0.6 is 48.8 Å². The normalized spacial score (nSPS) is 23.2. The molecule has 0 spiro atoms. The third kappa shape index (κ3) is 5.93. The first kappa shape index (κ1) is 25.5. The van der Waals surface area contributed by atoms with Gasteiger partial charge in [0.2, 0.25) is 0 Å². The van der Waals surface area contributed by atoms with E-state index in [1.807, 2.05) is 19.2 Å². The molecule has 136 valence electrons. The van der Waals surface area contributed by atoms with Gasteiger partial charge in [-0.15, -0.1) is 37.2 Å². The minimum absolute atomic E-state index is 0. The van der Waals surface area contributed by atoms with E-state index < -0.39 is 0 Å². The highest BCUT2D eigenvalue weighted by atomic mass is 35.5. The molecule has 0 aromatic heterocycles. The minimum Gasteiger partial charge on any atom is -0.330 e. The van der Waals surface area contributed by atoms with Gasteiger partial charge in [-0.1, -0.05) is 42.6 Å². The summed E-state index contributed by atoms with van der Waals surface area (Å²) in [6.45, 7) is 1.70. The molecule has 1 aliphatic rings. The van der Waals surface area contributed by atoms with Gasteiger partial charge in [0, 0.05) is 11.1 Å². The Hall–Kier alpha value is 0.260. The molecule has 0 heterocycles. The smallest absolute Gasteiger partial charge is 0.0602 e. The Bertz CT molecular complexity index is 434. The van der Waals surface area contributed by atoms with Crippen LogP contribution in [0.4, 0.5) is 0 Å². The predicted octanol–water partition coefficient (Wildman–Crippen LogP) is 3.90. The van der Waals surface area contributed by atoms with Crippen molar-refractivity contribution in [3.8, 4) is 0 Å². The standard InChI is InChI=1S/C16H26ClN3.3ClH/c1-19-16(13-7-2-3-8-14(13)17)10-5-4-9-15(16)20-12-6-11-18;;;/h2-3,7-8,15,19-20H,4-6,9-12,18H2,1H3;3*1H. The van der Waals surface area contributed by atoms with Crippen LogP contribution in [-0.2, 0) is 5.54 Å². The maximum atomic E-state index is 6.46. The fraction of sp³-hybridized carbons (Fsp3) is 0.625. The number of nitrogens with one attached hydrogen (secondary N) is 2. The van der Waals surface area contributed by atoms with Gasteiger partial charge < -0.3 is 16.4 Å². The Morgan fingerprint density at radius 1 is 1.22 bits per heavy atom. The van der Waals surface area contributed by atoms with Crippen molar-refractivity contribution in [3.05, 3.63) is 34.9 Å². The van der Waals surface area contributed by atoms with Crippen LogP contribution in [0.15, 0.2) is 24.3 Å². The van der Waals surface area contributed by atoms with Gasteiger partial charge in [-0.25, -0.2) is 0 Å². The molecule has 23 heavy (non-hydrogen) atoms. The van der Waals surface area contributed by atoms with Crippen LogP contribution in [0, 0.1) is 0 Å². The Morgan fingerprint density at radius 2 is 1.91 bits per heavy atom. The summed E-state index contributed by atoms with van der Waals surface area (Å²) in [7, 11) is 2.05. The van der Waals surface area contributed by atoms with Crippen molar-refractivity contribution >= 4 is 48.8 Å². The number of halogens is 4. The van der Waals surface area contributed by atoms with Crippen molar-refractivity contribution in [3.63, 3.8) is 0 Å². The van der Waals surface area contributed by atoms with Gasteiger partial charge in [-0.05, 0) is 51.0 Å². The minimum atomic E-state index is -0.0643. The Labute approximate surface area is 163 Å². The van der Waals surface area contributed by atoms with Crippen molar-refractivity contribution in [1.82, 2.24) is 10.6 Å². The molecular weight excluding hydrogens is 376 g/mol. The van der Waals surface area contributed by atoms with E-state index in [-0.39, 0.29) is 42.8 Å². The largest absolute Gasteiger partial charge is 0.330 e. The third-order valence-corrected chi connectivity index (χ3v) is 4.81. The number of likely N-dealkylation sites (N-methyl/N-ethyl adjacent to an activating group) is 1. The van der Waals surface area contributed by atoms with Crippen LogP contribution in [0.25, 0.3) is 0 Å². The molecular formula is C16H29Cl4N3. The summed E-state index contributed by atoms with van der Waals surface area (Å²) in [6.07, 6.45) is 5.82. The lowest BCUT2D eigenvalue weighted by molar-refractivity contribution is 0.178. The summed E-state index contributed by atoms with van der Waals surface area (Å²) < 4.78 is 0. The number of hydrogen-bond acceptors (Lipinski definition) is 3. The Morgan fingerprint density at radius 3 is 2.52 bits per heavy atom. The first-order valence-corrected chi connectivity index (χ1v) is 8.00. The lowest BCUT2D eigenvalue weighted by Gasteiger charge is -2.45. The fourth-order valence-electron chi connectivity index (χ4n) is 3.41. The molecule has 1 aliphatic carbocycles. The van der Waals surface area contributed by atoms with Crippen LogP contribution in [0.2, 0.25) is 5.02 Å². The Balaban J connectivity index is 0. The van der Waals surface area contributed by atoms with E-state index in [1.54, 1.807) is 0 Å². The zero-order valence-corrected chi connectivity index (χ0v) is 16.7. The van der Waals surface area contributed by atoms with Crippen molar-refractivity contribution in [1.29, 1.82) is 0 Å². The number of benzene rings is 1. The molecule has 2 atom stereocenters. The van der Waals surface area contributed by atoms with Crippen LogP contribution in [0.5, 0.6) is 0 Å². The fourth-order valence-corrected chi connectivity index (χ4v) is 3.71. The summed E-state index contributed by atoms with van der Waals surface area (Å²) in [4.78, 5) is 0. The van der Waals surface area contributed by atoms with Gasteiger partial charge in [0.15, 0.2) is 0 Å². The van der Waals surface area contributed by atoms with Crippen molar-refractivity contribution in [2.75, 3.05) is 20.1 Å². The molecule has 4 N–H and O–H groups in total. The maximum absolute atomic E-state index is 6.46. The Kier molecular flexibility index (Phi) is 14.0. The van der Waals surface area contributed by atoms with E-state index in [2.05, 4.69) is 22.8 Å². The molecule has 1 saturated carbocycles. The van der Waals surface area contributed by atoms with Crippen LogP contribution in [-0.4, -0.2) is 26.2 Å². The molecule has 2 rings (SSSR count). The summed E-state index contributed by atoms with van der Waals surface area (Å²) in [5.41, 5.74) is 6.76. The second-order valence-electron chi connectivity index (χ2n) is 5.60. The highest BCUT2D eigenvalue weighted by Crippen LogP contribution is 2.40. The zero-order chi connectivity index (χ0) is 14.4. The van der Waals surface area contributed by atoms with E-state index in [0.29, 0.717) is 6.04 Å². The third-order valence-electron chi connectivity index (χ3n) is 4.48. The molecule has 7 heteroatoms. The van der Waals surface area contributed by atoms with Gasteiger partial charge in [0.05, 0.1) is 5.54 Å². The summed E-state index contributed by atoms with van der Waals surface area (Å²) in [6, 6.07) is 8.62. The van der Waals surface area contributed by atoms with Gasteiger partial charge >= 0.3 is 0 Å². The number of hydrogen-bond donors (Lipinski definition) is 3. The van der Waals surface area contributed by atoms with E-state index in [1.165, 1.54) is 24.8 Å². The molecule has 0 bridgehead atoms. The van der Waals surface area contributed by atoms with E-state index in [4.69, 9.17) is 17.3 Å². The first-order chi connectivity index (χ1) is 9.74. The average Bonchev–Trinajstić information content (AvgIpc) is 2.49.